The molecule has 33 heavy (non-hydrogen) atoms. The fraction of sp³-hybridized carbons (Fsp3) is 0.400. The first-order chi connectivity index (χ1) is 15.8. The number of carbonyl (C=O) groups excluding carboxylic acids is 3. The van der Waals surface area contributed by atoms with Crippen molar-refractivity contribution in [2.75, 3.05) is 13.2 Å². The second-order valence-electron chi connectivity index (χ2n) is 8.02. The van der Waals surface area contributed by atoms with Gasteiger partial charge in [-0.1, -0.05) is 51.1 Å². The van der Waals surface area contributed by atoms with Crippen LogP contribution in [-0.2, 0) is 27.3 Å². The summed E-state index contributed by atoms with van der Waals surface area (Å²) in [5, 5.41) is 5.00. The molecule has 0 fully saturated rings. The molecule has 2 rings (SSSR count). The van der Waals surface area contributed by atoms with Crippen molar-refractivity contribution >= 4 is 18.0 Å². The van der Waals surface area contributed by atoms with Gasteiger partial charge in [0.1, 0.15) is 18.5 Å². The Kier molecular flexibility index (Phi) is 10.3. The molecule has 0 saturated carbocycles. The molecule has 0 aromatic heterocycles. The molecular formula is C25H31FN2O5. The minimum Gasteiger partial charge on any atom is -0.464 e. The van der Waals surface area contributed by atoms with Gasteiger partial charge >= 0.3 is 12.1 Å². The summed E-state index contributed by atoms with van der Waals surface area (Å²) in [5.74, 6) is -1.45. The van der Waals surface area contributed by atoms with Gasteiger partial charge in [-0.2, -0.15) is 0 Å². The van der Waals surface area contributed by atoms with Crippen LogP contribution in [0, 0.1) is 11.7 Å². The van der Waals surface area contributed by atoms with Gasteiger partial charge in [0.05, 0.1) is 6.61 Å². The summed E-state index contributed by atoms with van der Waals surface area (Å²) < 4.78 is 24.2. The van der Waals surface area contributed by atoms with E-state index in [-0.39, 0.29) is 25.3 Å². The maximum Gasteiger partial charge on any atom is 0.408 e. The summed E-state index contributed by atoms with van der Waals surface area (Å²) in [6.07, 6.45) is 0.405. The lowest BCUT2D eigenvalue weighted by atomic mass is 10.1. The molecule has 0 spiro atoms. The lowest BCUT2D eigenvalue weighted by molar-refractivity contribution is -0.146. The number of rotatable bonds is 11. The van der Waals surface area contributed by atoms with Gasteiger partial charge in [-0.3, -0.25) is 4.79 Å². The van der Waals surface area contributed by atoms with Crippen LogP contribution < -0.4 is 10.6 Å². The molecule has 0 aliphatic carbocycles. The number of nitrogens with one attached hydrogen (secondary N) is 2. The number of benzene rings is 2. The monoisotopic (exact) mass is 458 g/mol. The maximum absolute atomic E-state index is 13.8. The largest absolute Gasteiger partial charge is 0.464 e. The van der Waals surface area contributed by atoms with E-state index in [9.17, 15) is 18.8 Å². The quantitative estimate of drug-likeness (QED) is 0.497. The third-order valence-electron chi connectivity index (χ3n) is 4.82. The minimum absolute atomic E-state index is 0.0250. The molecule has 2 amide bonds. The third kappa shape index (κ3) is 9.31. The van der Waals surface area contributed by atoms with Crippen molar-refractivity contribution in [2.24, 2.45) is 5.92 Å². The van der Waals surface area contributed by atoms with Gasteiger partial charge in [-0.15, -0.1) is 0 Å². The Bertz CT molecular complexity index is 934. The molecule has 7 nitrogen and oxygen atoms in total. The normalized spacial score (nSPS) is 11.5. The minimum atomic E-state index is -1.16. The second-order valence-corrected chi connectivity index (χ2v) is 8.02. The highest BCUT2D eigenvalue weighted by atomic mass is 19.1. The number of carbonyl (C=O) groups is 3. The van der Waals surface area contributed by atoms with Gasteiger partial charge in [0, 0.05) is 12.1 Å². The molecule has 8 heteroatoms. The molecule has 0 bridgehead atoms. The van der Waals surface area contributed by atoms with Crippen molar-refractivity contribution in [3.05, 3.63) is 71.0 Å². The summed E-state index contributed by atoms with van der Waals surface area (Å²) in [6.45, 7) is 5.81. The number of hydrogen-bond donors (Lipinski definition) is 2. The van der Waals surface area contributed by atoms with Crippen LogP contribution in [0.25, 0.3) is 0 Å². The van der Waals surface area contributed by atoms with Crippen molar-refractivity contribution in [2.45, 2.75) is 46.3 Å². The van der Waals surface area contributed by atoms with E-state index in [2.05, 4.69) is 10.6 Å². The summed E-state index contributed by atoms with van der Waals surface area (Å²) in [4.78, 5) is 37.3. The van der Waals surface area contributed by atoms with E-state index < -0.39 is 29.8 Å². The van der Waals surface area contributed by atoms with Gasteiger partial charge in [0.25, 0.3) is 5.91 Å². The van der Waals surface area contributed by atoms with E-state index in [1.54, 1.807) is 18.2 Å². The maximum atomic E-state index is 13.8. The molecule has 0 aliphatic rings. The van der Waals surface area contributed by atoms with E-state index in [1.807, 2.05) is 39.0 Å². The average Bonchev–Trinajstić information content (AvgIpc) is 2.80. The molecule has 0 saturated heterocycles. The fourth-order valence-corrected chi connectivity index (χ4v) is 2.88. The third-order valence-corrected chi connectivity index (χ3v) is 4.82. The molecule has 0 heterocycles. The van der Waals surface area contributed by atoms with Crippen LogP contribution in [0.4, 0.5) is 9.18 Å². The highest BCUT2D eigenvalue weighted by molar-refractivity contribution is 5.95. The Morgan fingerprint density at radius 3 is 2.39 bits per heavy atom. The van der Waals surface area contributed by atoms with Crippen molar-refractivity contribution in [1.82, 2.24) is 10.6 Å². The van der Waals surface area contributed by atoms with Crippen molar-refractivity contribution in [3.8, 4) is 0 Å². The molecular weight excluding hydrogens is 427 g/mol. The lowest BCUT2D eigenvalue weighted by Gasteiger charge is -2.19. The van der Waals surface area contributed by atoms with Crippen LogP contribution in [0.1, 0.15) is 48.7 Å². The molecule has 2 aromatic carbocycles. The van der Waals surface area contributed by atoms with Crippen molar-refractivity contribution in [1.29, 1.82) is 0 Å². The van der Waals surface area contributed by atoms with E-state index >= 15 is 0 Å². The van der Waals surface area contributed by atoms with Gasteiger partial charge < -0.3 is 20.1 Å². The van der Waals surface area contributed by atoms with Crippen LogP contribution in [0.15, 0.2) is 48.5 Å². The zero-order valence-corrected chi connectivity index (χ0v) is 19.2. The number of alkyl carbamates (subject to hydrolysis) is 1. The first-order valence-corrected chi connectivity index (χ1v) is 11.0. The molecule has 2 N–H and O–H groups in total. The van der Waals surface area contributed by atoms with Gasteiger partial charge in [0.2, 0.25) is 0 Å². The van der Waals surface area contributed by atoms with Gasteiger partial charge in [-0.25, -0.2) is 14.0 Å². The fourth-order valence-electron chi connectivity index (χ4n) is 2.88. The summed E-state index contributed by atoms with van der Waals surface area (Å²) in [6, 6.07) is 12.0. The molecule has 0 aliphatic heterocycles. The van der Waals surface area contributed by atoms with Crippen LogP contribution in [0.3, 0.4) is 0 Å². The summed E-state index contributed by atoms with van der Waals surface area (Å²) >= 11 is 0. The van der Waals surface area contributed by atoms with E-state index in [0.29, 0.717) is 24.3 Å². The number of ether oxygens (including phenoxy) is 2. The molecule has 0 radical (unpaired) electrons. The van der Waals surface area contributed by atoms with Crippen molar-refractivity contribution < 1.29 is 28.2 Å². The van der Waals surface area contributed by atoms with Crippen LogP contribution in [0.2, 0.25) is 0 Å². The summed E-state index contributed by atoms with van der Waals surface area (Å²) in [7, 11) is 0. The number of esters is 1. The van der Waals surface area contributed by atoms with Crippen LogP contribution in [-0.4, -0.2) is 37.2 Å². The molecule has 178 valence electrons. The standard InChI is InChI=1S/C25H31FN2O5/c1-4-18-12-20(14-21(26)13-18)23(29)27-15-22(24(30)32-11-10-17(2)3)28-25(31)33-16-19-8-6-5-7-9-19/h5-9,12-14,17,22H,4,10-11,15-16H2,1-3H3,(H,27,29)(H,28,31)/t22-/m1/s1. The summed E-state index contributed by atoms with van der Waals surface area (Å²) in [5.41, 5.74) is 1.59. The van der Waals surface area contributed by atoms with E-state index in [4.69, 9.17) is 9.47 Å². The molecule has 1 atom stereocenters. The topological polar surface area (TPSA) is 93.7 Å². The highest BCUT2D eigenvalue weighted by Crippen LogP contribution is 2.10. The molecule has 2 aromatic rings. The first-order valence-electron chi connectivity index (χ1n) is 11.0. The SMILES string of the molecule is CCc1cc(F)cc(C(=O)NC[C@@H](NC(=O)OCc2ccccc2)C(=O)OCCC(C)C)c1. The number of aryl methyl sites for hydroxylation is 1. The lowest BCUT2D eigenvalue weighted by Crippen LogP contribution is -2.49. The van der Waals surface area contributed by atoms with E-state index in [1.165, 1.54) is 6.07 Å². The molecule has 0 unspecified atom stereocenters. The predicted octanol–water partition coefficient (Wildman–Crippen LogP) is 4.00. The first kappa shape index (κ1) is 25.8. The number of amides is 2. The Morgan fingerprint density at radius 2 is 1.73 bits per heavy atom. The highest BCUT2D eigenvalue weighted by Gasteiger charge is 2.24. The van der Waals surface area contributed by atoms with E-state index in [0.717, 1.165) is 11.6 Å². The Labute approximate surface area is 193 Å². The Morgan fingerprint density at radius 1 is 1.00 bits per heavy atom. The Balaban J connectivity index is 2.00. The number of halogens is 1. The predicted molar refractivity (Wildman–Crippen MR) is 122 cm³/mol. The zero-order valence-electron chi connectivity index (χ0n) is 19.2. The van der Waals surface area contributed by atoms with Crippen LogP contribution in [0.5, 0.6) is 0 Å². The average molecular weight is 459 g/mol. The second kappa shape index (κ2) is 13.2. The smallest absolute Gasteiger partial charge is 0.408 e. The van der Waals surface area contributed by atoms with Gasteiger partial charge in [0.15, 0.2) is 0 Å². The number of hydrogen-bond acceptors (Lipinski definition) is 5. The van der Waals surface area contributed by atoms with Gasteiger partial charge in [-0.05, 0) is 48.1 Å². The van der Waals surface area contributed by atoms with Crippen LogP contribution >= 0.6 is 0 Å². The zero-order chi connectivity index (χ0) is 24.2. The Hall–Kier alpha value is -3.42. The van der Waals surface area contributed by atoms with Crippen molar-refractivity contribution in [3.63, 3.8) is 0 Å².